The summed E-state index contributed by atoms with van der Waals surface area (Å²) in [7, 11) is 0. The highest BCUT2D eigenvalue weighted by molar-refractivity contribution is 5.19. The molecule has 0 aromatic heterocycles. The quantitative estimate of drug-likeness (QED) is 0.787. The Morgan fingerprint density at radius 2 is 2.07 bits per heavy atom. The topological polar surface area (TPSA) is 29.3 Å². The van der Waals surface area contributed by atoms with E-state index in [0.717, 1.165) is 13.1 Å². The highest BCUT2D eigenvalue weighted by atomic mass is 15.2. The van der Waals surface area contributed by atoms with Gasteiger partial charge < -0.3 is 5.73 Å². The fraction of sp³-hybridized carbons (Fsp3) is 0.500. The highest BCUT2D eigenvalue weighted by Gasteiger charge is 2.24. The third-order valence-corrected chi connectivity index (χ3v) is 2.96. The van der Waals surface area contributed by atoms with Crippen LogP contribution in [0.5, 0.6) is 0 Å². The second-order valence-electron chi connectivity index (χ2n) is 3.89. The van der Waals surface area contributed by atoms with Gasteiger partial charge in [-0.25, -0.2) is 0 Å². The van der Waals surface area contributed by atoms with Crippen molar-refractivity contribution in [2.75, 3.05) is 19.6 Å². The van der Waals surface area contributed by atoms with Crippen molar-refractivity contribution in [1.29, 1.82) is 0 Å². The van der Waals surface area contributed by atoms with Gasteiger partial charge in [0.1, 0.15) is 0 Å². The molecular formula is C12H18N2. The molecule has 2 heteroatoms. The van der Waals surface area contributed by atoms with Crippen LogP contribution in [0.15, 0.2) is 30.3 Å². The maximum Gasteiger partial charge on any atom is 0.0349 e. The molecule has 1 fully saturated rings. The van der Waals surface area contributed by atoms with Crippen LogP contribution in [-0.4, -0.2) is 24.5 Å². The lowest BCUT2D eigenvalue weighted by molar-refractivity contribution is 0.265. The van der Waals surface area contributed by atoms with Crippen LogP contribution in [-0.2, 0) is 0 Å². The Morgan fingerprint density at radius 1 is 1.29 bits per heavy atom. The lowest BCUT2D eigenvalue weighted by atomic mass is 10.0. The second kappa shape index (κ2) is 4.58. The molecule has 0 amide bonds. The summed E-state index contributed by atoms with van der Waals surface area (Å²) < 4.78 is 0. The molecule has 14 heavy (non-hydrogen) atoms. The molecule has 1 atom stereocenters. The van der Waals surface area contributed by atoms with E-state index in [4.69, 9.17) is 5.73 Å². The molecule has 0 aliphatic carbocycles. The van der Waals surface area contributed by atoms with E-state index in [2.05, 4.69) is 35.2 Å². The van der Waals surface area contributed by atoms with Crippen molar-refractivity contribution in [1.82, 2.24) is 4.90 Å². The average molecular weight is 190 g/mol. The maximum atomic E-state index is 5.61. The predicted octanol–water partition coefficient (Wildman–Crippen LogP) is 1.78. The van der Waals surface area contributed by atoms with Crippen molar-refractivity contribution in [2.45, 2.75) is 18.9 Å². The van der Waals surface area contributed by atoms with Crippen LogP contribution in [0.4, 0.5) is 0 Å². The summed E-state index contributed by atoms with van der Waals surface area (Å²) >= 11 is 0. The van der Waals surface area contributed by atoms with Gasteiger partial charge in [0, 0.05) is 19.1 Å². The van der Waals surface area contributed by atoms with E-state index in [0.29, 0.717) is 6.04 Å². The van der Waals surface area contributed by atoms with Crippen LogP contribution in [0.2, 0.25) is 0 Å². The van der Waals surface area contributed by atoms with Crippen LogP contribution in [0, 0.1) is 0 Å². The van der Waals surface area contributed by atoms with Gasteiger partial charge in [0.05, 0.1) is 0 Å². The molecule has 2 N–H and O–H groups in total. The molecule has 0 radical (unpaired) electrons. The standard InChI is InChI=1S/C12H18N2/c13-8-10-14-9-4-7-12(14)11-5-2-1-3-6-11/h1-3,5-6,12H,4,7-10,13H2. The van der Waals surface area contributed by atoms with E-state index in [9.17, 15) is 0 Å². The van der Waals surface area contributed by atoms with Crippen LogP contribution in [0.25, 0.3) is 0 Å². The molecule has 1 aromatic carbocycles. The molecule has 1 aromatic rings. The molecular weight excluding hydrogens is 172 g/mol. The Bertz CT molecular complexity index is 271. The number of likely N-dealkylation sites (tertiary alicyclic amines) is 1. The number of rotatable bonds is 3. The number of hydrogen-bond donors (Lipinski definition) is 1. The first-order valence-corrected chi connectivity index (χ1v) is 5.41. The predicted molar refractivity (Wildman–Crippen MR) is 59.0 cm³/mol. The maximum absolute atomic E-state index is 5.61. The average Bonchev–Trinajstić information content (AvgIpc) is 2.68. The molecule has 2 nitrogen and oxygen atoms in total. The van der Waals surface area contributed by atoms with Gasteiger partial charge in [-0.2, -0.15) is 0 Å². The summed E-state index contributed by atoms with van der Waals surface area (Å²) in [5.41, 5.74) is 7.05. The molecule has 1 heterocycles. The fourth-order valence-electron chi connectivity index (χ4n) is 2.31. The Hall–Kier alpha value is -0.860. The summed E-state index contributed by atoms with van der Waals surface area (Å²) in [6.07, 6.45) is 2.59. The van der Waals surface area contributed by atoms with Crippen molar-refractivity contribution >= 4 is 0 Å². The van der Waals surface area contributed by atoms with E-state index in [1.807, 2.05) is 0 Å². The van der Waals surface area contributed by atoms with Gasteiger partial charge in [-0.1, -0.05) is 30.3 Å². The second-order valence-corrected chi connectivity index (χ2v) is 3.89. The van der Waals surface area contributed by atoms with E-state index >= 15 is 0 Å². The van der Waals surface area contributed by atoms with Gasteiger partial charge in [-0.15, -0.1) is 0 Å². The summed E-state index contributed by atoms with van der Waals surface area (Å²) in [6.45, 7) is 3.00. The lowest BCUT2D eigenvalue weighted by Crippen LogP contribution is -2.29. The first-order valence-electron chi connectivity index (χ1n) is 5.41. The summed E-state index contributed by atoms with van der Waals surface area (Å²) in [5, 5.41) is 0. The zero-order valence-corrected chi connectivity index (χ0v) is 8.52. The molecule has 1 saturated heterocycles. The van der Waals surface area contributed by atoms with E-state index in [1.165, 1.54) is 24.9 Å². The van der Waals surface area contributed by atoms with Crippen LogP contribution >= 0.6 is 0 Å². The highest BCUT2D eigenvalue weighted by Crippen LogP contribution is 2.30. The summed E-state index contributed by atoms with van der Waals surface area (Å²) in [5.74, 6) is 0. The zero-order valence-electron chi connectivity index (χ0n) is 8.52. The third-order valence-electron chi connectivity index (χ3n) is 2.96. The largest absolute Gasteiger partial charge is 0.329 e. The van der Waals surface area contributed by atoms with E-state index in [1.54, 1.807) is 0 Å². The van der Waals surface area contributed by atoms with Crippen LogP contribution < -0.4 is 5.73 Å². The minimum atomic E-state index is 0.611. The summed E-state index contributed by atoms with van der Waals surface area (Å²) in [6, 6.07) is 11.4. The third kappa shape index (κ3) is 1.97. The van der Waals surface area contributed by atoms with Crippen molar-refractivity contribution in [3.63, 3.8) is 0 Å². The lowest BCUT2D eigenvalue weighted by Gasteiger charge is -2.23. The first-order chi connectivity index (χ1) is 6.92. The normalized spacial score (nSPS) is 22.8. The van der Waals surface area contributed by atoms with Gasteiger partial charge in [-0.05, 0) is 24.9 Å². The first kappa shape index (κ1) is 9.69. The smallest absolute Gasteiger partial charge is 0.0349 e. The van der Waals surface area contributed by atoms with Crippen molar-refractivity contribution in [3.8, 4) is 0 Å². The molecule has 1 aliphatic heterocycles. The molecule has 76 valence electrons. The Kier molecular flexibility index (Phi) is 3.17. The summed E-state index contributed by atoms with van der Waals surface area (Å²) in [4.78, 5) is 2.50. The fourth-order valence-corrected chi connectivity index (χ4v) is 2.31. The monoisotopic (exact) mass is 190 g/mol. The number of nitrogens with two attached hydrogens (primary N) is 1. The molecule has 1 aliphatic rings. The van der Waals surface area contributed by atoms with Crippen LogP contribution in [0.3, 0.4) is 0 Å². The van der Waals surface area contributed by atoms with Crippen molar-refractivity contribution in [2.24, 2.45) is 5.73 Å². The van der Waals surface area contributed by atoms with Gasteiger partial charge in [0.15, 0.2) is 0 Å². The minimum Gasteiger partial charge on any atom is -0.329 e. The van der Waals surface area contributed by atoms with Crippen molar-refractivity contribution < 1.29 is 0 Å². The molecule has 2 rings (SSSR count). The molecule has 1 unspecified atom stereocenters. The van der Waals surface area contributed by atoms with E-state index < -0.39 is 0 Å². The Labute approximate surface area is 85.7 Å². The van der Waals surface area contributed by atoms with Gasteiger partial charge in [0.2, 0.25) is 0 Å². The van der Waals surface area contributed by atoms with Gasteiger partial charge in [-0.3, -0.25) is 4.90 Å². The zero-order chi connectivity index (χ0) is 9.80. The van der Waals surface area contributed by atoms with Crippen molar-refractivity contribution in [3.05, 3.63) is 35.9 Å². The van der Waals surface area contributed by atoms with Gasteiger partial charge >= 0.3 is 0 Å². The Morgan fingerprint density at radius 3 is 2.79 bits per heavy atom. The Balaban J connectivity index is 2.10. The molecule has 0 saturated carbocycles. The molecule has 0 bridgehead atoms. The van der Waals surface area contributed by atoms with Crippen LogP contribution in [0.1, 0.15) is 24.4 Å². The molecule has 0 spiro atoms. The number of benzene rings is 1. The number of nitrogens with zero attached hydrogens (tertiary/aromatic N) is 1. The van der Waals surface area contributed by atoms with E-state index in [-0.39, 0.29) is 0 Å². The minimum absolute atomic E-state index is 0.611. The SMILES string of the molecule is NCCN1CCCC1c1ccccc1. The number of hydrogen-bond acceptors (Lipinski definition) is 2. The van der Waals surface area contributed by atoms with Gasteiger partial charge in [0.25, 0.3) is 0 Å².